The van der Waals surface area contributed by atoms with Gasteiger partial charge in [0.05, 0.1) is 6.61 Å². The average molecular weight is 277 g/mol. The number of rotatable bonds is 5. The van der Waals surface area contributed by atoms with Gasteiger partial charge in [0.25, 0.3) is 0 Å². The van der Waals surface area contributed by atoms with Crippen LogP contribution in [0.2, 0.25) is 0 Å². The van der Waals surface area contributed by atoms with Crippen LogP contribution in [0.15, 0.2) is 18.2 Å². The van der Waals surface area contributed by atoms with E-state index in [1.807, 2.05) is 0 Å². The molecule has 1 fully saturated rings. The minimum Gasteiger partial charge on any atom is -0.486 e. The Bertz CT molecular complexity index is 429. The predicted molar refractivity (Wildman–Crippen MR) is 82.6 cm³/mol. The Morgan fingerprint density at radius 1 is 1.40 bits per heavy atom. The molecule has 0 radical (unpaired) electrons. The number of ether oxygens (including phenoxy) is 2. The number of nitrogens with one attached hydrogen (secondary N) is 1. The molecule has 0 spiro atoms. The Morgan fingerprint density at radius 3 is 2.85 bits per heavy atom. The fourth-order valence-electron chi connectivity index (χ4n) is 2.87. The third-order valence-corrected chi connectivity index (χ3v) is 3.92. The molecular formula is C17H27NO2. The van der Waals surface area contributed by atoms with E-state index in [0.717, 1.165) is 25.3 Å². The molecule has 3 heteroatoms. The third kappa shape index (κ3) is 3.74. The molecule has 2 rings (SSSR count). The second kappa shape index (κ2) is 7.09. The van der Waals surface area contributed by atoms with E-state index in [0.29, 0.717) is 18.6 Å². The molecule has 0 amide bonds. The van der Waals surface area contributed by atoms with E-state index in [1.54, 1.807) is 0 Å². The molecule has 0 aliphatic carbocycles. The van der Waals surface area contributed by atoms with Crippen LogP contribution in [0.3, 0.4) is 0 Å². The minimum absolute atomic E-state index is 0.105. The maximum atomic E-state index is 6.15. The molecule has 1 aromatic carbocycles. The first-order valence-corrected chi connectivity index (χ1v) is 7.70. The molecule has 20 heavy (non-hydrogen) atoms. The van der Waals surface area contributed by atoms with Crippen LogP contribution in [0, 0.1) is 6.92 Å². The lowest BCUT2D eigenvalue weighted by Crippen LogP contribution is -2.49. The molecule has 0 aromatic heterocycles. The predicted octanol–water partition coefficient (Wildman–Crippen LogP) is 3.26. The first-order valence-electron chi connectivity index (χ1n) is 7.70. The maximum Gasteiger partial charge on any atom is 0.137 e. The lowest BCUT2D eigenvalue weighted by atomic mass is 9.98. The number of aryl methyl sites for hydroxylation is 1. The van der Waals surface area contributed by atoms with Crippen LogP contribution in [0.1, 0.15) is 44.2 Å². The van der Waals surface area contributed by atoms with Crippen LogP contribution in [0.25, 0.3) is 0 Å². The van der Waals surface area contributed by atoms with E-state index >= 15 is 0 Å². The molecular weight excluding hydrogens is 250 g/mol. The Kier molecular flexibility index (Phi) is 5.44. The van der Waals surface area contributed by atoms with E-state index in [9.17, 15) is 0 Å². The summed E-state index contributed by atoms with van der Waals surface area (Å²) in [6.45, 7) is 11.2. The molecule has 1 aromatic rings. The van der Waals surface area contributed by atoms with Gasteiger partial charge in [-0.05, 0) is 49.1 Å². The van der Waals surface area contributed by atoms with Crippen molar-refractivity contribution in [3.63, 3.8) is 0 Å². The molecule has 0 bridgehead atoms. The monoisotopic (exact) mass is 277 g/mol. The fourth-order valence-corrected chi connectivity index (χ4v) is 2.87. The first-order chi connectivity index (χ1) is 9.61. The zero-order valence-electron chi connectivity index (χ0n) is 13.1. The number of hydrogen-bond donors (Lipinski definition) is 1. The van der Waals surface area contributed by atoms with Gasteiger partial charge in [-0.25, -0.2) is 0 Å². The molecule has 112 valence electrons. The van der Waals surface area contributed by atoms with Gasteiger partial charge in [-0.3, -0.25) is 0 Å². The molecule has 1 N–H and O–H groups in total. The summed E-state index contributed by atoms with van der Waals surface area (Å²) in [4.78, 5) is 0. The van der Waals surface area contributed by atoms with Crippen LogP contribution >= 0.6 is 0 Å². The quantitative estimate of drug-likeness (QED) is 0.896. The van der Waals surface area contributed by atoms with Gasteiger partial charge in [-0.1, -0.05) is 26.8 Å². The molecule has 2 atom stereocenters. The molecule has 1 aliphatic rings. The Balaban J connectivity index is 2.06. The van der Waals surface area contributed by atoms with Crippen LogP contribution in [-0.4, -0.2) is 31.9 Å². The first kappa shape index (κ1) is 15.3. The summed E-state index contributed by atoms with van der Waals surface area (Å²) in [5.41, 5.74) is 2.69. The molecule has 3 nitrogen and oxygen atoms in total. The SMILES string of the molecule is CCNC1CCOCC1Oc1ccc(C(C)C)c(C)c1. The number of benzene rings is 1. The van der Waals surface area contributed by atoms with Crippen molar-refractivity contribution in [3.05, 3.63) is 29.3 Å². The highest BCUT2D eigenvalue weighted by Gasteiger charge is 2.26. The van der Waals surface area contributed by atoms with Gasteiger partial charge in [0.1, 0.15) is 11.9 Å². The van der Waals surface area contributed by atoms with Crippen molar-refractivity contribution in [2.75, 3.05) is 19.8 Å². The third-order valence-electron chi connectivity index (χ3n) is 3.92. The van der Waals surface area contributed by atoms with Crippen molar-refractivity contribution >= 4 is 0 Å². The van der Waals surface area contributed by atoms with Crippen LogP contribution in [-0.2, 0) is 4.74 Å². The largest absolute Gasteiger partial charge is 0.486 e. The summed E-state index contributed by atoms with van der Waals surface area (Å²) in [6.07, 6.45) is 1.12. The number of likely N-dealkylation sites (N-methyl/N-ethyl adjacent to an activating group) is 1. The summed E-state index contributed by atoms with van der Waals surface area (Å²) in [5, 5.41) is 3.49. The van der Waals surface area contributed by atoms with Crippen LogP contribution in [0.4, 0.5) is 0 Å². The van der Waals surface area contributed by atoms with E-state index in [2.05, 4.69) is 51.2 Å². The minimum atomic E-state index is 0.105. The normalized spacial score (nSPS) is 23.1. The topological polar surface area (TPSA) is 30.5 Å². The highest BCUT2D eigenvalue weighted by atomic mass is 16.5. The zero-order chi connectivity index (χ0) is 14.5. The van der Waals surface area contributed by atoms with Crippen molar-refractivity contribution in [1.29, 1.82) is 0 Å². The standard InChI is InChI=1S/C17H27NO2/c1-5-18-16-8-9-19-11-17(16)20-14-6-7-15(12(2)3)13(4)10-14/h6-7,10,12,16-18H,5,8-9,11H2,1-4H3. The highest BCUT2D eigenvalue weighted by molar-refractivity contribution is 5.36. The zero-order valence-corrected chi connectivity index (χ0v) is 13.1. The van der Waals surface area contributed by atoms with Crippen LogP contribution < -0.4 is 10.1 Å². The average Bonchev–Trinajstić information content (AvgIpc) is 2.41. The molecule has 2 unspecified atom stereocenters. The van der Waals surface area contributed by atoms with Gasteiger partial charge >= 0.3 is 0 Å². The van der Waals surface area contributed by atoms with Crippen molar-refractivity contribution in [2.24, 2.45) is 0 Å². The Hall–Kier alpha value is -1.06. The van der Waals surface area contributed by atoms with Gasteiger partial charge in [-0.15, -0.1) is 0 Å². The Labute approximate surface area is 122 Å². The van der Waals surface area contributed by atoms with E-state index in [4.69, 9.17) is 9.47 Å². The number of hydrogen-bond acceptors (Lipinski definition) is 3. The lowest BCUT2D eigenvalue weighted by Gasteiger charge is -2.32. The van der Waals surface area contributed by atoms with Gasteiger partial charge in [0.2, 0.25) is 0 Å². The van der Waals surface area contributed by atoms with Crippen molar-refractivity contribution in [1.82, 2.24) is 5.32 Å². The second-order valence-electron chi connectivity index (χ2n) is 5.86. The maximum absolute atomic E-state index is 6.15. The lowest BCUT2D eigenvalue weighted by molar-refractivity contribution is -0.0143. The van der Waals surface area contributed by atoms with Gasteiger partial charge in [0.15, 0.2) is 0 Å². The highest BCUT2D eigenvalue weighted by Crippen LogP contribution is 2.25. The Morgan fingerprint density at radius 2 is 2.20 bits per heavy atom. The summed E-state index contributed by atoms with van der Waals surface area (Å²) in [7, 11) is 0. The molecule has 1 aliphatic heterocycles. The van der Waals surface area contributed by atoms with Crippen molar-refractivity contribution < 1.29 is 9.47 Å². The molecule has 0 saturated carbocycles. The van der Waals surface area contributed by atoms with Crippen LogP contribution in [0.5, 0.6) is 5.75 Å². The van der Waals surface area contributed by atoms with Gasteiger partial charge in [0, 0.05) is 12.6 Å². The van der Waals surface area contributed by atoms with E-state index in [-0.39, 0.29) is 6.10 Å². The van der Waals surface area contributed by atoms with E-state index in [1.165, 1.54) is 11.1 Å². The van der Waals surface area contributed by atoms with E-state index < -0.39 is 0 Å². The summed E-state index contributed by atoms with van der Waals surface area (Å²) < 4.78 is 11.7. The van der Waals surface area contributed by atoms with Crippen molar-refractivity contribution in [3.8, 4) is 5.75 Å². The summed E-state index contributed by atoms with van der Waals surface area (Å²) in [6, 6.07) is 6.80. The summed E-state index contributed by atoms with van der Waals surface area (Å²) >= 11 is 0. The smallest absolute Gasteiger partial charge is 0.137 e. The molecule has 1 heterocycles. The van der Waals surface area contributed by atoms with Gasteiger partial charge < -0.3 is 14.8 Å². The van der Waals surface area contributed by atoms with Crippen molar-refractivity contribution in [2.45, 2.75) is 52.2 Å². The molecule has 1 saturated heterocycles. The fraction of sp³-hybridized carbons (Fsp3) is 0.647. The summed E-state index contributed by atoms with van der Waals surface area (Å²) in [5.74, 6) is 1.50. The second-order valence-corrected chi connectivity index (χ2v) is 5.86. The van der Waals surface area contributed by atoms with Gasteiger partial charge in [-0.2, -0.15) is 0 Å².